The third kappa shape index (κ3) is 3.33. The van der Waals surface area contributed by atoms with Crippen molar-refractivity contribution in [1.29, 1.82) is 0 Å². The average Bonchev–Trinajstić information content (AvgIpc) is 2.70. The van der Waals surface area contributed by atoms with Gasteiger partial charge in [0.2, 0.25) is 10.0 Å². The molecular weight excluding hydrogens is 256 g/mol. The Morgan fingerprint density at radius 2 is 2.00 bits per heavy atom. The van der Waals surface area contributed by atoms with Gasteiger partial charge in [0.15, 0.2) is 5.96 Å². The van der Waals surface area contributed by atoms with E-state index in [1.54, 1.807) is 0 Å². The predicted molar refractivity (Wildman–Crippen MR) is 68.9 cm³/mol. The van der Waals surface area contributed by atoms with Crippen molar-refractivity contribution >= 4 is 16.0 Å². The summed E-state index contributed by atoms with van der Waals surface area (Å²) >= 11 is 0. The number of aliphatic imine (C=N–C) groups is 1. The van der Waals surface area contributed by atoms with Crippen LogP contribution in [0.4, 0.5) is 0 Å². The number of nitrogens with two attached hydrogens (primary N) is 1. The van der Waals surface area contributed by atoms with Gasteiger partial charge in [-0.05, 0) is 6.42 Å². The number of nitrogens with zero attached hydrogens (tertiary/aromatic N) is 3. The SMILES string of the molecule is NC(=NCCN1CCCS1(=O)=O)N1CCOCC1. The third-order valence-corrected chi connectivity index (χ3v) is 5.12. The molecule has 2 fully saturated rings. The van der Waals surface area contributed by atoms with Crippen LogP contribution in [0.1, 0.15) is 6.42 Å². The minimum atomic E-state index is -3.02. The minimum Gasteiger partial charge on any atom is -0.378 e. The lowest BCUT2D eigenvalue weighted by Gasteiger charge is -2.27. The highest BCUT2D eigenvalue weighted by Crippen LogP contribution is 2.12. The molecule has 0 saturated carbocycles. The summed E-state index contributed by atoms with van der Waals surface area (Å²) in [5.41, 5.74) is 5.85. The zero-order valence-corrected chi connectivity index (χ0v) is 11.2. The molecular formula is C10H20N4O3S. The Bertz CT molecular complexity index is 403. The van der Waals surface area contributed by atoms with Crippen LogP contribution in [0.5, 0.6) is 0 Å². The van der Waals surface area contributed by atoms with E-state index in [1.165, 1.54) is 4.31 Å². The molecule has 2 saturated heterocycles. The summed E-state index contributed by atoms with van der Waals surface area (Å²) in [6, 6.07) is 0. The highest BCUT2D eigenvalue weighted by molar-refractivity contribution is 7.89. The normalized spacial score (nSPS) is 25.6. The Balaban J connectivity index is 1.80. The number of hydrogen-bond donors (Lipinski definition) is 1. The second kappa shape index (κ2) is 5.85. The van der Waals surface area contributed by atoms with Gasteiger partial charge in [0.1, 0.15) is 0 Å². The minimum absolute atomic E-state index is 0.260. The van der Waals surface area contributed by atoms with E-state index < -0.39 is 10.0 Å². The summed E-state index contributed by atoms with van der Waals surface area (Å²) in [5.74, 6) is 0.741. The highest BCUT2D eigenvalue weighted by Gasteiger charge is 2.27. The second-order valence-corrected chi connectivity index (χ2v) is 6.50. The van der Waals surface area contributed by atoms with E-state index in [9.17, 15) is 8.42 Å². The molecule has 0 spiro atoms. The molecule has 2 rings (SSSR count). The first-order chi connectivity index (χ1) is 8.59. The Morgan fingerprint density at radius 1 is 1.28 bits per heavy atom. The van der Waals surface area contributed by atoms with Crippen LogP contribution in [0.25, 0.3) is 0 Å². The van der Waals surface area contributed by atoms with Gasteiger partial charge in [0.25, 0.3) is 0 Å². The van der Waals surface area contributed by atoms with Gasteiger partial charge in [-0.3, -0.25) is 4.99 Å². The van der Waals surface area contributed by atoms with Crippen molar-refractivity contribution in [2.24, 2.45) is 10.7 Å². The van der Waals surface area contributed by atoms with Crippen molar-refractivity contribution in [3.05, 3.63) is 0 Å². The molecule has 0 aliphatic carbocycles. The van der Waals surface area contributed by atoms with Gasteiger partial charge in [0, 0.05) is 26.2 Å². The maximum Gasteiger partial charge on any atom is 0.214 e. The molecule has 7 nitrogen and oxygen atoms in total. The van der Waals surface area contributed by atoms with Crippen molar-refractivity contribution in [2.45, 2.75) is 6.42 Å². The summed E-state index contributed by atoms with van der Waals surface area (Å²) < 4.78 is 29.8. The molecule has 0 amide bonds. The van der Waals surface area contributed by atoms with Crippen molar-refractivity contribution in [2.75, 3.05) is 51.7 Å². The summed E-state index contributed by atoms with van der Waals surface area (Å²) in [6.45, 7) is 4.27. The number of rotatable bonds is 3. The first-order valence-electron chi connectivity index (χ1n) is 6.20. The van der Waals surface area contributed by atoms with Crippen LogP contribution in [0.15, 0.2) is 4.99 Å². The molecule has 8 heteroatoms. The van der Waals surface area contributed by atoms with Crippen LogP contribution in [0.3, 0.4) is 0 Å². The molecule has 0 aromatic rings. The van der Waals surface area contributed by atoms with E-state index in [0.717, 1.165) is 13.1 Å². The third-order valence-electron chi connectivity index (χ3n) is 3.16. The number of ether oxygens (including phenoxy) is 1. The smallest absolute Gasteiger partial charge is 0.214 e. The molecule has 0 radical (unpaired) electrons. The quantitative estimate of drug-likeness (QED) is 0.509. The highest BCUT2D eigenvalue weighted by atomic mass is 32.2. The van der Waals surface area contributed by atoms with Crippen LogP contribution in [0.2, 0.25) is 0 Å². The summed E-state index contributed by atoms with van der Waals surface area (Å²) in [5, 5.41) is 0. The predicted octanol–water partition coefficient (Wildman–Crippen LogP) is -1.33. The number of sulfonamides is 1. The summed E-state index contributed by atoms with van der Waals surface area (Å²) in [6.07, 6.45) is 0.713. The van der Waals surface area contributed by atoms with Gasteiger partial charge >= 0.3 is 0 Å². The zero-order valence-electron chi connectivity index (χ0n) is 10.4. The lowest BCUT2D eigenvalue weighted by Crippen LogP contribution is -2.45. The topological polar surface area (TPSA) is 88.2 Å². The van der Waals surface area contributed by atoms with Crippen molar-refractivity contribution in [3.63, 3.8) is 0 Å². The Kier molecular flexibility index (Phi) is 4.41. The second-order valence-electron chi connectivity index (χ2n) is 4.41. The molecule has 0 atom stereocenters. The number of guanidine groups is 1. The Morgan fingerprint density at radius 3 is 2.61 bits per heavy atom. The molecule has 0 aromatic carbocycles. The van der Waals surface area contributed by atoms with Crippen molar-refractivity contribution in [1.82, 2.24) is 9.21 Å². The fourth-order valence-electron chi connectivity index (χ4n) is 2.11. The largest absolute Gasteiger partial charge is 0.378 e. The van der Waals surface area contributed by atoms with Gasteiger partial charge < -0.3 is 15.4 Å². The molecule has 2 heterocycles. The van der Waals surface area contributed by atoms with E-state index in [2.05, 4.69) is 4.99 Å². The van der Waals surface area contributed by atoms with E-state index in [0.29, 0.717) is 45.2 Å². The zero-order chi connectivity index (χ0) is 13.0. The lowest BCUT2D eigenvalue weighted by atomic mass is 10.4. The molecule has 104 valence electrons. The fraction of sp³-hybridized carbons (Fsp3) is 0.900. The van der Waals surface area contributed by atoms with Gasteiger partial charge in [0.05, 0.1) is 25.5 Å². The lowest BCUT2D eigenvalue weighted by molar-refractivity contribution is 0.0674. The standard InChI is InChI=1S/C10H20N4O3S/c11-10(13-5-7-17-8-6-13)12-2-4-14-3-1-9-18(14,15)16/h1-9H2,(H2,11,12). The summed E-state index contributed by atoms with van der Waals surface area (Å²) in [4.78, 5) is 6.20. The van der Waals surface area contributed by atoms with Gasteiger partial charge in [-0.2, -0.15) is 0 Å². The first-order valence-corrected chi connectivity index (χ1v) is 7.81. The molecule has 2 aliphatic rings. The number of hydrogen-bond acceptors (Lipinski definition) is 4. The molecule has 0 aromatic heterocycles. The van der Waals surface area contributed by atoms with E-state index in [-0.39, 0.29) is 5.75 Å². The molecule has 2 N–H and O–H groups in total. The van der Waals surface area contributed by atoms with E-state index >= 15 is 0 Å². The van der Waals surface area contributed by atoms with Crippen molar-refractivity contribution < 1.29 is 13.2 Å². The van der Waals surface area contributed by atoms with Gasteiger partial charge in [-0.25, -0.2) is 12.7 Å². The molecule has 2 aliphatic heterocycles. The summed E-state index contributed by atoms with van der Waals surface area (Å²) in [7, 11) is -3.02. The maximum absolute atomic E-state index is 11.6. The van der Waals surface area contributed by atoms with E-state index in [4.69, 9.17) is 10.5 Å². The monoisotopic (exact) mass is 276 g/mol. The molecule has 0 unspecified atom stereocenters. The van der Waals surface area contributed by atoms with Crippen LogP contribution in [-0.2, 0) is 14.8 Å². The fourth-order valence-corrected chi connectivity index (χ4v) is 3.63. The first kappa shape index (κ1) is 13.6. The van der Waals surface area contributed by atoms with Crippen LogP contribution >= 0.6 is 0 Å². The van der Waals surface area contributed by atoms with Crippen LogP contribution < -0.4 is 5.73 Å². The van der Waals surface area contributed by atoms with Gasteiger partial charge in [-0.15, -0.1) is 0 Å². The van der Waals surface area contributed by atoms with E-state index in [1.807, 2.05) is 4.90 Å². The maximum atomic E-state index is 11.6. The van der Waals surface area contributed by atoms with Gasteiger partial charge in [-0.1, -0.05) is 0 Å². The average molecular weight is 276 g/mol. The van der Waals surface area contributed by atoms with Crippen molar-refractivity contribution in [3.8, 4) is 0 Å². The Hall–Kier alpha value is -0.860. The molecule has 18 heavy (non-hydrogen) atoms. The molecule has 0 bridgehead atoms. The Labute approximate surface area is 108 Å². The number of morpholine rings is 1. The van der Waals surface area contributed by atoms with Crippen LogP contribution in [-0.4, -0.2) is 75.3 Å². The van der Waals surface area contributed by atoms with Crippen LogP contribution in [0, 0.1) is 0 Å².